The fourth-order valence-electron chi connectivity index (χ4n) is 2.05. The second kappa shape index (κ2) is 2.81. The van der Waals surface area contributed by atoms with E-state index in [0.717, 1.165) is 30.4 Å². The van der Waals surface area contributed by atoms with Crippen LogP contribution in [0.5, 0.6) is 0 Å². The van der Waals surface area contributed by atoms with Gasteiger partial charge in [-0.2, -0.15) is 0 Å². The average Bonchev–Trinajstić information content (AvgIpc) is 2.02. The quantitative estimate of drug-likeness (QED) is 0.649. The summed E-state index contributed by atoms with van der Waals surface area (Å²) in [4.78, 5) is 0. The van der Waals surface area contributed by atoms with Gasteiger partial charge in [-0.1, -0.05) is 6.07 Å². The Morgan fingerprint density at radius 2 is 2.23 bits per heavy atom. The van der Waals surface area contributed by atoms with Crippen molar-refractivity contribution in [1.29, 1.82) is 0 Å². The topological polar surface area (TPSA) is 20.2 Å². The van der Waals surface area contributed by atoms with E-state index >= 15 is 0 Å². The third-order valence-corrected chi connectivity index (χ3v) is 2.76. The zero-order chi connectivity index (χ0) is 9.47. The summed E-state index contributed by atoms with van der Waals surface area (Å²) in [6, 6.07) is 4.64. The summed E-state index contributed by atoms with van der Waals surface area (Å²) in [7, 11) is 0. The first-order valence-corrected chi connectivity index (χ1v) is 4.61. The van der Waals surface area contributed by atoms with E-state index in [0.29, 0.717) is 0 Å². The van der Waals surface area contributed by atoms with E-state index in [2.05, 4.69) is 0 Å². The number of benzene rings is 1. The lowest BCUT2D eigenvalue weighted by Crippen LogP contribution is -2.26. The minimum atomic E-state index is -0.763. The Hall–Kier alpha value is -0.890. The molecule has 0 spiro atoms. The lowest BCUT2D eigenvalue weighted by atomic mass is 9.80. The average molecular weight is 180 g/mol. The standard InChI is InChI=1S/C11H13FO/c1-11(13)6-2-3-8-7-9(12)4-5-10(8)11/h4-5,7,13H,2-3,6H2,1H3. The first-order valence-electron chi connectivity index (χ1n) is 4.61. The van der Waals surface area contributed by atoms with Crippen molar-refractivity contribution in [3.05, 3.63) is 35.1 Å². The Labute approximate surface area is 77.2 Å². The highest BCUT2D eigenvalue weighted by Crippen LogP contribution is 2.34. The molecule has 1 aliphatic rings. The van der Waals surface area contributed by atoms with E-state index < -0.39 is 5.60 Å². The van der Waals surface area contributed by atoms with Crippen LogP contribution in [-0.4, -0.2) is 5.11 Å². The number of halogens is 1. The highest BCUT2D eigenvalue weighted by molar-refractivity contribution is 5.34. The third kappa shape index (κ3) is 1.46. The molecular weight excluding hydrogens is 167 g/mol. The van der Waals surface area contributed by atoms with E-state index in [4.69, 9.17) is 0 Å². The Morgan fingerprint density at radius 3 is 3.00 bits per heavy atom. The largest absolute Gasteiger partial charge is 0.385 e. The SMILES string of the molecule is CC1(O)CCCc2cc(F)ccc21. The molecular formula is C11H13FO. The van der Waals surface area contributed by atoms with Gasteiger partial charge >= 0.3 is 0 Å². The summed E-state index contributed by atoms with van der Waals surface area (Å²) >= 11 is 0. The molecule has 2 heteroatoms. The summed E-state index contributed by atoms with van der Waals surface area (Å²) in [6.07, 6.45) is 2.58. The molecule has 1 aromatic carbocycles. The van der Waals surface area contributed by atoms with Crippen LogP contribution in [0.15, 0.2) is 18.2 Å². The van der Waals surface area contributed by atoms with Crippen molar-refractivity contribution in [2.75, 3.05) is 0 Å². The molecule has 0 fully saturated rings. The van der Waals surface area contributed by atoms with E-state index in [9.17, 15) is 9.50 Å². The lowest BCUT2D eigenvalue weighted by molar-refractivity contribution is 0.0386. The summed E-state index contributed by atoms with van der Waals surface area (Å²) in [5, 5.41) is 10.00. The van der Waals surface area contributed by atoms with Gasteiger partial charge in [0.15, 0.2) is 0 Å². The maximum Gasteiger partial charge on any atom is 0.123 e. The molecule has 0 aromatic heterocycles. The number of aliphatic hydroxyl groups is 1. The van der Waals surface area contributed by atoms with Gasteiger partial charge in [0.2, 0.25) is 0 Å². The molecule has 1 aliphatic carbocycles. The third-order valence-electron chi connectivity index (χ3n) is 2.76. The van der Waals surface area contributed by atoms with Crippen LogP contribution in [0.2, 0.25) is 0 Å². The first-order chi connectivity index (χ1) is 6.09. The fraction of sp³-hybridized carbons (Fsp3) is 0.455. The molecule has 0 bridgehead atoms. The van der Waals surface area contributed by atoms with Gasteiger partial charge in [0.25, 0.3) is 0 Å². The molecule has 0 saturated carbocycles. The Balaban J connectivity index is 2.53. The summed E-state index contributed by atoms with van der Waals surface area (Å²) in [5.74, 6) is -0.212. The Bertz CT molecular complexity index is 331. The first kappa shape index (κ1) is 8.70. The van der Waals surface area contributed by atoms with Crippen LogP contribution in [0.3, 0.4) is 0 Å². The van der Waals surface area contributed by atoms with E-state index in [1.807, 2.05) is 0 Å². The second-order valence-corrected chi connectivity index (χ2v) is 3.93. The summed E-state index contributed by atoms with van der Waals surface area (Å²) < 4.78 is 12.9. The van der Waals surface area contributed by atoms with E-state index in [1.165, 1.54) is 12.1 Å². The van der Waals surface area contributed by atoms with Crippen molar-refractivity contribution in [1.82, 2.24) is 0 Å². The predicted octanol–water partition coefficient (Wildman–Crippen LogP) is 2.37. The zero-order valence-corrected chi connectivity index (χ0v) is 7.68. The monoisotopic (exact) mass is 180 g/mol. The molecule has 1 nitrogen and oxygen atoms in total. The second-order valence-electron chi connectivity index (χ2n) is 3.93. The molecule has 1 atom stereocenters. The van der Waals surface area contributed by atoms with Crippen LogP contribution < -0.4 is 0 Å². The molecule has 0 amide bonds. The number of hydrogen-bond acceptors (Lipinski definition) is 1. The smallest absolute Gasteiger partial charge is 0.123 e. The number of hydrogen-bond donors (Lipinski definition) is 1. The zero-order valence-electron chi connectivity index (χ0n) is 7.68. The maximum atomic E-state index is 12.9. The van der Waals surface area contributed by atoms with Crippen molar-refractivity contribution in [3.63, 3.8) is 0 Å². The van der Waals surface area contributed by atoms with Crippen molar-refractivity contribution >= 4 is 0 Å². The summed E-state index contributed by atoms with van der Waals surface area (Å²) in [6.45, 7) is 1.79. The molecule has 0 heterocycles. The van der Waals surface area contributed by atoms with E-state index in [-0.39, 0.29) is 5.82 Å². The van der Waals surface area contributed by atoms with Gasteiger partial charge in [0, 0.05) is 0 Å². The Kier molecular flexibility index (Phi) is 1.88. The molecule has 0 radical (unpaired) electrons. The van der Waals surface area contributed by atoms with Crippen molar-refractivity contribution in [2.45, 2.75) is 31.8 Å². The van der Waals surface area contributed by atoms with Crippen molar-refractivity contribution < 1.29 is 9.50 Å². The van der Waals surface area contributed by atoms with Gasteiger partial charge in [-0.3, -0.25) is 0 Å². The minimum absolute atomic E-state index is 0.212. The molecule has 0 aliphatic heterocycles. The molecule has 1 unspecified atom stereocenters. The fourth-order valence-corrected chi connectivity index (χ4v) is 2.05. The van der Waals surface area contributed by atoms with Gasteiger partial charge < -0.3 is 5.11 Å². The minimum Gasteiger partial charge on any atom is -0.385 e. The maximum absolute atomic E-state index is 12.9. The molecule has 2 rings (SSSR count). The van der Waals surface area contributed by atoms with Crippen LogP contribution in [0.4, 0.5) is 4.39 Å². The van der Waals surface area contributed by atoms with Crippen molar-refractivity contribution in [3.8, 4) is 0 Å². The van der Waals surface area contributed by atoms with Crippen LogP contribution >= 0.6 is 0 Å². The van der Waals surface area contributed by atoms with Gasteiger partial charge in [0.1, 0.15) is 5.82 Å². The number of aryl methyl sites for hydroxylation is 1. The van der Waals surface area contributed by atoms with Gasteiger partial charge in [-0.05, 0) is 49.4 Å². The van der Waals surface area contributed by atoms with E-state index in [1.54, 1.807) is 13.0 Å². The highest BCUT2D eigenvalue weighted by atomic mass is 19.1. The van der Waals surface area contributed by atoms with Gasteiger partial charge in [-0.25, -0.2) is 4.39 Å². The van der Waals surface area contributed by atoms with Crippen LogP contribution in [0, 0.1) is 5.82 Å². The van der Waals surface area contributed by atoms with Gasteiger partial charge in [-0.15, -0.1) is 0 Å². The molecule has 13 heavy (non-hydrogen) atoms. The Morgan fingerprint density at radius 1 is 1.46 bits per heavy atom. The lowest BCUT2D eigenvalue weighted by Gasteiger charge is -2.30. The van der Waals surface area contributed by atoms with Crippen molar-refractivity contribution in [2.24, 2.45) is 0 Å². The number of rotatable bonds is 0. The number of fused-ring (bicyclic) bond motifs is 1. The molecule has 0 saturated heterocycles. The predicted molar refractivity (Wildman–Crippen MR) is 48.9 cm³/mol. The molecule has 1 N–H and O–H groups in total. The molecule has 70 valence electrons. The molecule has 1 aromatic rings. The van der Waals surface area contributed by atoms with Crippen LogP contribution in [0.25, 0.3) is 0 Å². The van der Waals surface area contributed by atoms with Gasteiger partial charge in [0.05, 0.1) is 5.60 Å². The highest BCUT2D eigenvalue weighted by Gasteiger charge is 2.29. The summed E-state index contributed by atoms with van der Waals surface area (Å²) in [5.41, 5.74) is 1.08. The van der Waals surface area contributed by atoms with Crippen LogP contribution in [-0.2, 0) is 12.0 Å². The van der Waals surface area contributed by atoms with Crippen LogP contribution in [0.1, 0.15) is 30.9 Å². The normalized spacial score (nSPS) is 27.0.